The van der Waals surface area contributed by atoms with Gasteiger partial charge in [-0.25, -0.2) is 0 Å². The Morgan fingerprint density at radius 2 is 2.00 bits per heavy atom. The van der Waals surface area contributed by atoms with Crippen molar-refractivity contribution in [1.29, 1.82) is 0 Å². The van der Waals surface area contributed by atoms with Crippen molar-refractivity contribution in [3.8, 4) is 0 Å². The molecule has 0 N–H and O–H groups in total. The van der Waals surface area contributed by atoms with Gasteiger partial charge in [0, 0.05) is 12.4 Å². The van der Waals surface area contributed by atoms with Gasteiger partial charge in [0.25, 0.3) is 0 Å². The molecule has 0 amide bonds. The van der Waals surface area contributed by atoms with Crippen molar-refractivity contribution >= 4 is 23.3 Å². The van der Waals surface area contributed by atoms with Gasteiger partial charge in [-0.3, -0.25) is 9.98 Å². The van der Waals surface area contributed by atoms with Crippen LogP contribution in [-0.4, -0.2) is 17.7 Å². The second kappa shape index (κ2) is 3.77. The fraction of sp³-hybridized carbons (Fsp3) is 0.0769. The van der Waals surface area contributed by atoms with Crippen molar-refractivity contribution in [2.45, 2.75) is 0 Å². The van der Waals surface area contributed by atoms with Crippen LogP contribution in [0.25, 0.3) is 0 Å². The van der Waals surface area contributed by atoms with Crippen LogP contribution < -0.4 is 4.90 Å². The van der Waals surface area contributed by atoms with Crippen LogP contribution in [-0.2, 0) is 0 Å². The summed E-state index contributed by atoms with van der Waals surface area (Å²) in [5.74, 6) is 0. The zero-order valence-electron chi connectivity index (χ0n) is 8.74. The van der Waals surface area contributed by atoms with E-state index in [9.17, 15) is 0 Å². The molecular weight excluding hydrogens is 198 g/mol. The maximum Gasteiger partial charge on any atom is 0.0863 e. The molecule has 2 heterocycles. The molecule has 3 rings (SSSR count). The lowest BCUT2D eigenvalue weighted by Crippen LogP contribution is -2.21. The molecule has 0 aliphatic carbocycles. The fourth-order valence-corrected chi connectivity index (χ4v) is 1.88. The van der Waals surface area contributed by atoms with Crippen LogP contribution in [0.1, 0.15) is 0 Å². The first kappa shape index (κ1) is 9.09. The van der Waals surface area contributed by atoms with E-state index < -0.39 is 0 Å². The molecule has 0 bridgehead atoms. The standard InChI is InChI=1S/C13H11N3/c1-2-6-13-12(5-1)15-8-9-16(13)11-4-3-7-14-10-11/h1-8,10H,9H2. The van der Waals surface area contributed by atoms with Crippen LogP contribution in [0.15, 0.2) is 53.8 Å². The smallest absolute Gasteiger partial charge is 0.0863 e. The Labute approximate surface area is 94.1 Å². The molecule has 3 heteroatoms. The molecular formula is C13H11N3. The van der Waals surface area contributed by atoms with E-state index in [-0.39, 0.29) is 0 Å². The van der Waals surface area contributed by atoms with Gasteiger partial charge in [-0.15, -0.1) is 0 Å². The van der Waals surface area contributed by atoms with E-state index in [2.05, 4.69) is 27.0 Å². The predicted octanol–water partition coefficient (Wildman–Crippen LogP) is 2.94. The molecule has 0 atom stereocenters. The molecule has 1 aromatic carbocycles. The minimum atomic E-state index is 0.794. The molecule has 78 valence electrons. The maximum absolute atomic E-state index is 4.38. The quantitative estimate of drug-likeness (QED) is 0.722. The summed E-state index contributed by atoms with van der Waals surface area (Å²) in [7, 11) is 0. The molecule has 0 radical (unpaired) electrons. The van der Waals surface area contributed by atoms with Crippen molar-refractivity contribution in [3.05, 3.63) is 48.8 Å². The van der Waals surface area contributed by atoms with E-state index in [1.54, 1.807) is 6.20 Å². The molecule has 1 aromatic heterocycles. The number of benzene rings is 1. The van der Waals surface area contributed by atoms with E-state index >= 15 is 0 Å². The number of hydrogen-bond acceptors (Lipinski definition) is 3. The van der Waals surface area contributed by atoms with Crippen LogP contribution >= 0.6 is 0 Å². The average molecular weight is 209 g/mol. The number of pyridine rings is 1. The molecule has 0 spiro atoms. The molecule has 0 unspecified atom stereocenters. The lowest BCUT2D eigenvalue weighted by molar-refractivity contribution is 1.10. The van der Waals surface area contributed by atoms with Gasteiger partial charge < -0.3 is 4.90 Å². The molecule has 0 saturated carbocycles. The third-order valence-electron chi connectivity index (χ3n) is 2.62. The summed E-state index contributed by atoms with van der Waals surface area (Å²) in [4.78, 5) is 10.7. The highest BCUT2D eigenvalue weighted by Crippen LogP contribution is 2.34. The highest BCUT2D eigenvalue weighted by atomic mass is 15.2. The van der Waals surface area contributed by atoms with Crippen LogP contribution in [0.5, 0.6) is 0 Å². The van der Waals surface area contributed by atoms with Gasteiger partial charge in [-0.2, -0.15) is 0 Å². The van der Waals surface area contributed by atoms with E-state index in [1.165, 1.54) is 0 Å². The second-order valence-electron chi connectivity index (χ2n) is 3.62. The lowest BCUT2D eigenvalue weighted by atomic mass is 10.2. The monoisotopic (exact) mass is 209 g/mol. The van der Waals surface area contributed by atoms with E-state index in [0.717, 1.165) is 23.6 Å². The van der Waals surface area contributed by atoms with Crippen LogP contribution in [0.2, 0.25) is 0 Å². The summed E-state index contributed by atoms with van der Waals surface area (Å²) in [5, 5.41) is 0. The number of aliphatic imine (C=N–C) groups is 1. The van der Waals surface area contributed by atoms with Gasteiger partial charge in [0.1, 0.15) is 0 Å². The molecule has 1 aliphatic rings. The average Bonchev–Trinajstić information content (AvgIpc) is 2.39. The molecule has 2 aromatic rings. The van der Waals surface area contributed by atoms with Crippen molar-refractivity contribution in [2.24, 2.45) is 4.99 Å². The Hall–Kier alpha value is -2.16. The number of anilines is 2. The van der Waals surface area contributed by atoms with Gasteiger partial charge in [0.15, 0.2) is 0 Å². The largest absolute Gasteiger partial charge is 0.333 e. The summed E-state index contributed by atoms with van der Waals surface area (Å²) in [6.07, 6.45) is 5.58. The second-order valence-corrected chi connectivity index (χ2v) is 3.62. The number of nitrogens with zero attached hydrogens (tertiary/aromatic N) is 3. The normalized spacial score (nSPS) is 13.6. The maximum atomic E-state index is 4.38. The van der Waals surface area contributed by atoms with Crippen molar-refractivity contribution in [1.82, 2.24) is 4.98 Å². The molecule has 16 heavy (non-hydrogen) atoms. The number of hydrogen-bond donors (Lipinski definition) is 0. The van der Waals surface area contributed by atoms with Gasteiger partial charge >= 0.3 is 0 Å². The van der Waals surface area contributed by atoms with Crippen molar-refractivity contribution in [3.63, 3.8) is 0 Å². The summed E-state index contributed by atoms with van der Waals surface area (Å²) in [6, 6.07) is 12.1. The van der Waals surface area contributed by atoms with Gasteiger partial charge in [-0.1, -0.05) is 12.1 Å². The number of rotatable bonds is 1. The third kappa shape index (κ3) is 1.46. The van der Waals surface area contributed by atoms with Gasteiger partial charge in [0.2, 0.25) is 0 Å². The van der Waals surface area contributed by atoms with E-state index in [1.807, 2.05) is 36.7 Å². The minimum Gasteiger partial charge on any atom is -0.333 e. The summed E-state index contributed by atoms with van der Waals surface area (Å²) < 4.78 is 0. The summed E-state index contributed by atoms with van der Waals surface area (Å²) in [6.45, 7) is 0.794. The Morgan fingerprint density at radius 1 is 1.06 bits per heavy atom. The SMILES string of the molecule is C1=Nc2ccccc2N(c2cccnc2)C1. The third-order valence-corrected chi connectivity index (χ3v) is 2.62. The minimum absolute atomic E-state index is 0.794. The van der Waals surface area contributed by atoms with E-state index in [0.29, 0.717) is 0 Å². The van der Waals surface area contributed by atoms with Crippen molar-refractivity contribution < 1.29 is 0 Å². The van der Waals surface area contributed by atoms with Crippen LogP contribution in [0.3, 0.4) is 0 Å². The Kier molecular flexibility index (Phi) is 2.14. The first-order valence-corrected chi connectivity index (χ1v) is 5.24. The summed E-state index contributed by atoms with van der Waals surface area (Å²) >= 11 is 0. The topological polar surface area (TPSA) is 28.5 Å². The predicted molar refractivity (Wildman–Crippen MR) is 65.8 cm³/mol. The Balaban J connectivity index is 2.09. The number of aromatic nitrogens is 1. The molecule has 0 fully saturated rings. The highest BCUT2D eigenvalue weighted by molar-refractivity contribution is 5.86. The van der Waals surface area contributed by atoms with E-state index in [4.69, 9.17) is 0 Å². The Bertz CT molecular complexity index is 520. The molecule has 1 aliphatic heterocycles. The van der Waals surface area contributed by atoms with Crippen LogP contribution in [0.4, 0.5) is 17.1 Å². The van der Waals surface area contributed by atoms with Crippen LogP contribution in [0, 0.1) is 0 Å². The number of para-hydroxylation sites is 2. The lowest BCUT2D eigenvalue weighted by Gasteiger charge is -2.26. The number of fused-ring (bicyclic) bond motifs is 1. The summed E-state index contributed by atoms with van der Waals surface area (Å²) in [5.41, 5.74) is 3.25. The van der Waals surface area contributed by atoms with Crippen molar-refractivity contribution in [2.75, 3.05) is 11.4 Å². The first-order valence-electron chi connectivity index (χ1n) is 5.24. The highest BCUT2D eigenvalue weighted by Gasteiger charge is 2.14. The Morgan fingerprint density at radius 3 is 2.88 bits per heavy atom. The fourth-order valence-electron chi connectivity index (χ4n) is 1.88. The van der Waals surface area contributed by atoms with Gasteiger partial charge in [0.05, 0.1) is 29.8 Å². The zero-order chi connectivity index (χ0) is 10.8. The first-order chi connectivity index (χ1) is 7.95. The molecule has 3 nitrogen and oxygen atoms in total. The zero-order valence-corrected chi connectivity index (χ0v) is 8.74. The van der Waals surface area contributed by atoms with Gasteiger partial charge in [-0.05, 0) is 24.3 Å². The molecule has 0 saturated heterocycles.